The Bertz CT molecular complexity index is 842. The quantitative estimate of drug-likeness (QED) is 0.853. The lowest BCUT2D eigenvalue weighted by molar-refractivity contribution is 0.469. The zero-order valence-corrected chi connectivity index (χ0v) is 11.8. The van der Waals surface area contributed by atoms with Gasteiger partial charge in [-0.2, -0.15) is 5.26 Å². The molecule has 108 valence electrons. The lowest BCUT2D eigenvalue weighted by atomic mass is 10.1. The first-order valence-corrected chi connectivity index (χ1v) is 7.34. The number of aromatic hydroxyl groups is 1. The van der Waals surface area contributed by atoms with E-state index in [1.165, 1.54) is 24.3 Å². The van der Waals surface area contributed by atoms with E-state index in [1.54, 1.807) is 6.92 Å². The van der Waals surface area contributed by atoms with Crippen molar-refractivity contribution in [2.45, 2.75) is 11.8 Å². The number of benzene rings is 2. The highest BCUT2D eigenvalue weighted by atomic mass is 32.2. The Morgan fingerprint density at radius 2 is 1.95 bits per heavy atom. The van der Waals surface area contributed by atoms with Gasteiger partial charge < -0.3 is 5.11 Å². The van der Waals surface area contributed by atoms with Gasteiger partial charge in [-0.1, -0.05) is 0 Å². The normalized spacial score (nSPS) is 10.9. The van der Waals surface area contributed by atoms with Gasteiger partial charge in [-0.25, -0.2) is 12.8 Å². The molecule has 0 atom stereocenters. The molecule has 0 aliphatic heterocycles. The molecular weight excluding hydrogens is 295 g/mol. The molecule has 0 radical (unpaired) electrons. The van der Waals surface area contributed by atoms with Gasteiger partial charge in [0, 0.05) is 6.07 Å². The van der Waals surface area contributed by atoms with Crippen molar-refractivity contribution in [1.82, 2.24) is 0 Å². The maximum absolute atomic E-state index is 13.6. The maximum Gasteiger partial charge on any atom is 0.261 e. The van der Waals surface area contributed by atoms with E-state index >= 15 is 0 Å². The molecule has 0 amide bonds. The van der Waals surface area contributed by atoms with Crippen molar-refractivity contribution in [1.29, 1.82) is 5.26 Å². The van der Waals surface area contributed by atoms with Crippen LogP contribution in [-0.4, -0.2) is 13.5 Å². The van der Waals surface area contributed by atoms with Gasteiger partial charge in [0.15, 0.2) is 5.82 Å². The third kappa shape index (κ3) is 3.12. The van der Waals surface area contributed by atoms with E-state index in [-0.39, 0.29) is 16.3 Å². The van der Waals surface area contributed by atoms with Gasteiger partial charge in [0.1, 0.15) is 5.75 Å². The molecule has 0 saturated carbocycles. The van der Waals surface area contributed by atoms with E-state index < -0.39 is 15.8 Å². The van der Waals surface area contributed by atoms with E-state index in [9.17, 15) is 12.8 Å². The van der Waals surface area contributed by atoms with E-state index in [0.29, 0.717) is 11.1 Å². The lowest BCUT2D eigenvalue weighted by Crippen LogP contribution is -2.14. The fourth-order valence-electron chi connectivity index (χ4n) is 1.72. The number of phenols is 1. The van der Waals surface area contributed by atoms with Crippen LogP contribution in [0.15, 0.2) is 41.3 Å². The molecule has 2 N–H and O–H groups in total. The summed E-state index contributed by atoms with van der Waals surface area (Å²) in [6.45, 7) is 1.61. The minimum Gasteiger partial charge on any atom is -0.508 e. The summed E-state index contributed by atoms with van der Waals surface area (Å²) in [6.07, 6.45) is 0. The number of hydrogen-bond acceptors (Lipinski definition) is 4. The molecule has 5 nitrogen and oxygen atoms in total. The number of sulfonamides is 1. The molecule has 0 aliphatic carbocycles. The molecule has 21 heavy (non-hydrogen) atoms. The van der Waals surface area contributed by atoms with Crippen LogP contribution in [0.5, 0.6) is 5.75 Å². The smallest absolute Gasteiger partial charge is 0.261 e. The molecule has 2 rings (SSSR count). The van der Waals surface area contributed by atoms with Crippen LogP contribution in [-0.2, 0) is 10.0 Å². The molecule has 0 aliphatic rings. The van der Waals surface area contributed by atoms with Gasteiger partial charge in [-0.15, -0.1) is 0 Å². The van der Waals surface area contributed by atoms with Crippen molar-refractivity contribution >= 4 is 15.7 Å². The first-order valence-electron chi connectivity index (χ1n) is 5.85. The standard InChI is InChI=1S/C14H11FN2O3S/c1-9-6-12(4-2-10(9)8-16)21(19,20)17-14-5-3-11(18)7-13(14)15/h2-7,17-18H,1H3. The number of nitrogens with one attached hydrogen (secondary N) is 1. The Hall–Kier alpha value is -2.59. The van der Waals surface area contributed by atoms with E-state index in [1.807, 2.05) is 6.07 Å². The Kier molecular flexibility index (Phi) is 3.82. The average molecular weight is 306 g/mol. The molecule has 0 heterocycles. The zero-order chi connectivity index (χ0) is 15.6. The summed E-state index contributed by atoms with van der Waals surface area (Å²) in [5.74, 6) is -1.19. The molecule has 2 aromatic carbocycles. The van der Waals surface area contributed by atoms with Crippen LogP contribution in [0, 0.1) is 24.1 Å². The highest BCUT2D eigenvalue weighted by Crippen LogP contribution is 2.23. The maximum atomic E-state index is 13.6. The number of anilines is 1. The van der Waals surface area contributed by atoms with E-state index in [2.05, 4.69) is 4.72 Å². The molecule has 0 spiro atoms. The van der Waals surface area contributed by atoms with Crippen molar-refractivity contribution in [2.24, 2.45) is 0 Å². The molecule has 0 unspecified atom stereocenters. The summed E-state index contributed by atoms with van der Waals surface area (Å²) in [6, 6.07) is 9.03. The lowest BCUT2D eigenvalue weighted by Gasteiger charge is -2.10. The summed E-state index contributed by atoms with van der Waals surface area (Å²) >= 11 is 0. The SMILES string of the molecule is Cc1cc(S(=O)(=O)Nc2ccc(O)cc2F)ccc1C#N. The number of halogens is 1. The Balaban J connectivity index is 2.39. The van der Waals surface area contributed by atoms with Gasteiger partial charge in [0.2, 0.25) is 0 Å². The molecule has 7 heteroatoms. The molecule has 0 bridgehead atoms. The van der Waals surface area contributed by atoms with Gasteiger partial charge in [0.25, 0.3) is 10.0 Å². The zero-order valence-electron chi connectivity index (χ0n) is 11.0. The topological polar surface area (TPSA) is 90.2 Å². The van der Waals surface area contributed by atoms with Crippen LogP contribution in [0.4, 0.5) is 10.1 Å². The monoisotopic (exact) mass is 306 g/mol. The van der Waals surface area contributed by atoms with E-state index in [0.717, 1.165) is 12.1 Å². The van der Waals surface area contributed by atoms with E-state index in [4.69, 9.17) is 10.4 Å². The number of aryl methyl sites for hydroxylation is 1. The summed E-state index contributed by atoms with van der Waals surface area (Å²) in [4.78, 5) is -0.0773. The molecule has 0 saturated heterocycles. The fourth-order valence-corrected chi connectivity index (χ4v) is 2.87. The Morgan fingerprint density at radius 1 is 1.24 bits per heavy atom. The summed E-state index contributed by atoms with van der Waals surface area (Å²) in [5, 5.41) is 17.9. The number of hydrogen-bond donors (Lipinski definition) is 2. The van der Waals surface area contributed by atoms with Crippen LogP contribution in [0.1, 0.15) is 11.1 Å². The minimum atomic E-state index is -3.98. The summed E-state index contributed by atoms with van der Waals surface area (Å²) in [7, 11) is -3.98. The molecule has 2 aromatic rings. The van der Waals surface area contributed by atoms with Gasteiger partial charge in [-0.05, 0) is 42.8 Å². The Morgan fingerprint density at radius 3 is 2.52 bits per heavy atom. The van der Waals surface area contributed by atoms with Crippen LogP contribution in [0.25, 0.3) is 0 Å². The number of nitriles is 1. The predicted molar refractivity (Wildman–Crippen MR) is 74.8 cm³/mol. The number of nitrogens with zero attached hydrogens (tertiary/aromatic N) is 1. The fraction of sp³-hybridized carbons (Fsp3) is 0.0714. The number of phenolic OH excluding ortho intramolecular Hbond substituents is 1. The highest BCUT2D eigenvalue weighted by molar-refractivity contribution is 7.92. The second-order valence-corrected chi connectivity index (χ2v) is 6.04. The minimum absolute atomic E-state index is 0.0773. The van der Waals surface area contributed by atoms with Crippen LogP contribution >= 0.6 is 0 Å². The second kappa shape index (κ2) is 5.42. The molecule has 0 aromatic heterocycles. The van der Waals surface area contributed by atoms with Gasteiger partial charge >= 0.3 is 0 Å². The average Bonchev–Trinajstić information content (AvgIpc) is 2.42. The van der Waals surface area contributed by atoms with Crippen molar-refractivity contribution in [3.05, 3.63) is 53.3 Å². The first-order chi connectivity index (χ1) is 9.83. The van der Waals surface area contributed by atoms with Crippen molar-refractivity contribution in [2.75, 3.05) is 4.72 Å². The van der Waals surface area contributed by atoms with Gasteiger partial charge in [-0.3, -0.25) is 4.72 Å². The van der Waals surface area contributed by atoms with Crippen LogP contribution < -0.4 is 4.72 Å². The highest BCUT2D eigenvalue weighted by Gasteiger charge is 2.17. The van der Waals surface area contributed by atoms with Gasteiger partial charge in [0.05, 0.1) is 22.2 Å². The third-order valence-electron chi connectivity index (χ3n) is 2.83. The van der Waals surface area contributed by atoms with Crippen molar-refractivity contribution < 1.29 is 17.9 Å². The van der Waals surface area contributed by atoms with Crippen LogP contribution in [0.3, 0.4) is 0 Å². The Labute approximate surface area is 121 Å². The van der Waals surface area contributed by atoms with Crippen molar-refractivity contribution in [3.63, 3.8) is 0 Å². The second-order valence-electron chi connectivity index (χ2n) is 4.36. The first kappa shape index (κ1) is 14.8. The summed E-state index contributed by atoms with van der Waals surface area (Å²) in [5.41, 5.74) is 0.603. The number of rotatable bonds is 3. The molecular formula is C14H11FN2O3S. The predicted octanol–water partition coefficient (Wildman–Crippen LogP) is 2.51. The largest absolute Gasteiger partial charge is 0.508 e. The van der Waals surface area contributed by atoms with Crippen LogP contribution in [0.2, 0.25) is 0 Å². The molecule has 0 fully saturated rings. The van der Waals surface area contributed by atoms with Crippen molar-refractivity contribution in [3.8, 4) is 11.8 Å². The third-order valence-corrected chi connectivity index (χ3v) is 4.19. The summed E-state index contributed by atoms with van der Waals surface area (Å²) < 4.78 is 40.0.